The Kier molecular flexibility index (Phi) is 4.05. The van der Waals surface area contributed by atoms with Gasteiger partial charge in [0.15, 0.2) is 0 Å². The average molecular weight is 349 g/mol. The lowest BCUT2D eigenvalue weighted by atomic mass is 9.85. The number of H-pyrrole nitrogens is 1. The molecular formula is C15H17BrN4O. The van der Waals surface area contributed by atoms with Crippen LogP contribution in [0.4, 0.5) is 5.82 Å². The van der Waals surface area contributed by atoms with Gasteiger partial charge in [-0.2, -0.15) is 0 Å². The summed E-state index contributed by atoms with van der Waals surface area (Å²) < 4.78 is 0.978. The zero-order valence-corrected chi connectivity index (χ0v) is 13.4. The van der Waals surface area contributed by atoms with Crippen LogP contribution in [-0.2, 0) is 6.54 Å². The molecule has 0 spiro atoms. The minimum Gasteiger partial charge on any atom is -0.364 e. The predicted octanol–water partition coefficient (Wildman–Crippen LogP) is 3.12. The topological polar surface area (TPSA) is 70.7 Å². The highest BCUT2D eigenvalue weighted by atomic mass is 79.9. The number of hydrogen-bond donors (Lipinski definition) is 2. The maximum absolute atomic E-state index is 11.7. The van der Waals surface area contributed by atoms with Crippen molar-refractivity contribution in [1.29, 1.82) is 0 Å². The van der Waals surface area contributed by atoms with Gasteiger partial charge in [0, 0.05) is 22.2 Å². The summed E-state index contributed by atoms with van der Waals surface area (Å²) in [4.78, 5) is 23.5. The molecule has 0 aliphatic heterocycles. The van der Waals surface area contributed by atoms with Crippen LogP contribution in [0.5, 0.6) is 0 Å². The summed E-state index contributed by atoms with van der Waals surface area (Å²) in [5, 5.41) is 3.22. The molecule has 1 fully saturated rings. The Hall–Kier alpha value is -1.69. The zero-order chi connectivity index (χ0) is 14.8. The Labute approximate surface area is 131 Å². The van der Waals surface area contributed by atoms with E-state index in [2.05, 4.69) is 36.2 Å². The second kappa shape index (κ2) is 5.97. The Morgan fingerprint density at radius 3 is 2.81 bits per heavy atom. The van der Waals surface area contributed by atoms with Gasteiger partial charge in [-0.1, -0.05) is 22.4 Å². The van der Waals surface area contributed by atoms with Gasteiger partial charge in [0.05, 0.1) is 12.2 Å². The van der Waals surface area contributed by atoms with Crippen LogP contribution in [0.25, 0.3) is 0 Å². The fourth-order valence-electron chi connectivity index (χ4n) is 2.39. The van der Waals surface area contributed by atoms with E-state index in [-0.39, 0.29) is 5.56 Å². The molecule has 0 amide bonds. The van der Waals surface area contributed by atoms with Gasteiger partial charge in [0.25, 0.3) is 5.56 Å². The number of aromatic nitrogens is 3. The minimum atomic E-state index is -0.0814. The van der Waals surface area contributed by atoms with Crippen molar-refractivity contribution < 1.29 is 0 Å². The maximum Gasteiger partial charge on any atom is 0.251 e. The van der Waals surface area contributed by atoms with Gasteiger partial charge >= 0.3 is 0 Å². The molecule has 2 heterocycles. The van der Waals surface area contributed by atoms with Crippen LogP contribution in [0.2, 0.25) is 0 Å². The van der Waals surface area contributed by atoms with E-state index in [9.17, 15) is 4.79 Å². The third-order valence-electron chi connectivity index (χ3n) is 3.67. The van der Waals surface area contributed by atoms with Gasteiger partial charge in [0.2, 0.25) is 0 Å². The molecule has 0 aromatic carbocycles. The van der Waals surface area contributed by atoms with Crippen LogP contribution in [-0.4, -0.2) is 15.0 Å². The molecule has 3 rings (SSSR count). The number of hydrogen-bond acceptors (Lipinski definition) is 4. The van der Waals surface area contributed by atoms with Crippen LogP contribution in [0.3, 0.4) is 0 Å². The molecule has 0 bridgehead atoms. The van der Waals surface area contributed by atoms with Crippen LogP contribution >= 0.6 is 15.9 Å². The van der Waals surface area contributed by atoms with Crippen molar-refractivity contribution >= 4 is 21.7 Å². The van der Waals surface area contributed by atoms with E-state index in [4.69, 9.17) is 0 Å². The first-order valence-electron chi connectivity index (χ1n) is 7.08. The normalized spacial score (nSPS) is 14.8. The summed E-state index contributed by atoms with van der Waals surface area (Å²) in [6.45, 7) is 2.43. The van der Waals surface area contributed by atoms with Crippen molar-refractivity contribution in [3.05, 3.63) is 50.2 Å². The Bertz CT molecular complexity index is 689. The van der Waals surface area contributed by atoms with Gasteiger partial charge in [0.1, 0.15) is 11.6 Å². The van der Waals surface area contributed by atoms with Crippen molar-refractivity contribution in [2.45, 2.75) is 38.6 Å². The summed E-state index contributed by atoms with van der Waals surface area (Å²) in [7, 11) is 0. The fourth-order valence-corrected chi connectivity index (χ4v) is 2.94. The molecule has 2 aromatic heterocycles. The second-order valence-electron chi connectivity index (χ2n) is 5.42. The lowest BCUT2D eigenvalue weighted by Gasteiger charge is -2.24. The molecule has 21 heavy (non-hydrogen) atoms. The molecule has 2 aromatic rings. The quantitative estimate of drug-likeness (QED) is 0.890. The van der Waals surface area contributed by atoms with E-state index >= 15 is 0 Å². The van der Waals surface area contributed by atoms with E-state index in [1.165, 1.54) is 6.42 Å². The van der Waals surface area contributed by atoms with Gasteiger partial charge in [-0.25, -0.2) is 9.97 Å². The molecule has 0 atom stereocenters. The van der Waals surface area contributed by atoms with E-state index in [1.807, 2.05) is 19.1 Å². The molecule has 0 radical (unpaired) electrons. The molecule has 1 aliphatic rings. The Morgan fingerprint density at radius 1 is 1.33 bits per heavy atom. The fraction of sp³-hybridized carbons (Fsp3) is 0.400. The molecule has 5 nitrogen and oxygen atoms in total. The lowest BCUT2D eigenvalue weighted by Crippen LogP contribution is -2.20. The maximum atomic E-state index is 11.7. The standard InChI is InChI=1S/C15H17BrN4O/c1-9-5-11(16)6-13(18-9)17-8-12-7-14(21)20-15(19-12)10-3-2-4-10/h5-7,10H,2-4,8H2,1H3,(H,17,18)(H,19,20,21). The van der Waals surface area contributed by atoms with E-state index in [0.717, 1.165) is 40.3 Å². The van der Waals surface area contributed by atoms with Crippen molar-refractivity contribution in [1.82, 2.24) is 15.0 Å². The van der Waals surface area contributed by atoms with Crippen LogP contribution in [0.1, 0.15) is 42.4 Å². The van der Waals surface area contributed by atoms with E-state index in [1.54, 1.807) is 6.07 Å². The van der Waals surface area contributed by atoms with Gasteiger partial charge < -0.3 is 10.3 Å². The molecule has 0 saturated heterocycles. The van der Waals surface area contributed by atoms with Crippen LogP contribution in [0.15, 0.2) is 27.5 Å². The number of pyridine rings is 1. The first-order chi connectivity index (χ1) is 10.1. The van der Waals surface area contributed by atoms with Crippen molar-refractivity contribution in [3.8, 4) is 0 Å². The molecule has 0 unspecified atom stereocenters. The predicted molar refractivity (Wildman–Crippen MR) is 85.5 cm³/mol. The molecule has 1 saturated carbocycles. The van der Waals surface area contributed by atoms with Crippen molar-refractivity contribution in [3.63, 3.8) is 0 Å². The highest BCUT2D eigenvalue weighted by Crippen LogP contribution is 2.33. The monoisotopic (exact) mass is 348 g/mol. The minimum absolute atomic E-state index is 0.0814. The van der Waals surface area contributed by atoms with Crippen molar-refractivity contribution in [2.75, 3.05) is 5.32 Å². The molecule has 1 aliphatic carbocycles. The van der Waals surface area contributed by atoms with Crippen LogP contribution in [0, 0.1) is 6.92 Å². The molecule has 110 valence electrons. The number of aryl methyl sites for hydroxylation is 1. The third kappa shape index (κ3) is 3.50. The molecule has 6 heteroatoms. The zero-order valence-electron chi connectivity index (χ0n) is 11.8. The van der Waals surface area contributed by atoms with E-state index < -0.39 is 0 Å². The van der Waals surface area contributed by atoms with Gasteiger partial charge in [-0.05, 0) is 31.9 Å². The average Bonchev–Trinajstić information content (AvgIpc) is 2.32. The summed E-state index contributed by atoms with van der Waals surface area (Å²) >= 11 is 3.45. The van der Waals surface area contributed by atoms with Gasteiger partial charge in [-0.3, -0.25) is 4.79 Å². The molecule has 2 N–H and O–H groups in total. The number of nitrogens with zero attached hydrogens (tertiary/aromatic N) is 2. The van der Waals surface area contributed by atoms with Crippen LogP contribution < -0.4 is 10.9 Å². The number of halogens is 1. The lowest BCUT2D eigenvalue weighted by molar-refractivity contribution is 0.399. The summed E-state index contributed by atoms with van der Waals surface area (Å²) in [5.41, 5.74) is 1.60. The third-order valence-corrected chi connectivity index (χ3v) is 4.13. The summed E-state index contributed by atoms with van der Waals surface area (Å²) in [6.07, 6.45) is 3.45. The summed E-state index contributed by atoms with van der Waals surface area (Å²) in [6, 6.07) is 5.40. The number of anilines is 1. The smallest absolute Gasteiger partial charge is 0.251 e. The first-order valence-corrected chi connectivity index (χ1v) is 7.87. The highest BCUT2D eigenvalue weighted by molar-refractivity contribution is 9.10. The largest absolute Gasteiger partial charge is 0.364 e. The second-order valence-corrected chi connectivity index (χ2v) is 6.33. The Balaban J connectivity index is 1.75. The number of nitrogens with one attached hydrogen (secondary N) is 2. The van der Waals surface area contributed by atoms with Crippen molar-refractivity contribution in [2.24, 2.45) is 0 Å². The number of aromatic amines is 1. The van der Waals surface area contributed by atoms with E-state index in [0.29, 0.717) is 12.5 Å². The Morgan fingerprint density at radius 2 is 2.14 bits per heavy atom. The highest BCUT2D eigenvalue weighted by Gasteiger charge is 2.22. The van der Waals surface area contributed by atoms with Gasteiger partial charge in [-0.15, -0.1) is 0 Å². The SMILES string of the molecule is Cc1cc(Br)cc(NCc2cc(=O)[nH]c(C3CCC3)n2)n1. The number of rotatable bonds is 4. The summed E-state index contributed by atoms with van der Waals surface area (Å²) in [5.74, 6) is 2.02. The first kappa shape index (κ1) is 14.3. The molecular weight excluding hydrogens is 332 g/mol.